The molecule has 2 N–H and O–H groups in total. The van der Waals surface area contributed by atoms with E-state index in [0.29, 0.717) is 12.8 Å². The lowest BCUT2D eigenvalue weighted by Crippen LogP contribution is -2.57. The fourth-order valence-corrected chi connectivity index (χ4v) is 2.39. The topological polar surface area (TPSA) is 75.6 Å². The Morgan fingerprint density at radius 2 is 2.10 bits per heavy atom. The van der Waals surface area contributed by atoms with Crippen LogP contribution < -0.4 is 10.1 Å². The third-order valence-corrected chi connectivity index (χ3v) is 3.70. The number of carboxylic acids is 1. The Kier molecular flexibility index (Phi) is 4.45. The minimum Gasteiger partial charge on any atom is -0.481 e. The smallest absolute Gasteiger partial charge is 0.305 e. The van der Waals surface area contributed by atoms with Gasteiger partial charge in [0.05, 0.1) is 12.0 Å². The number of amides is 1. The first-order chi connectivity index (χ1) is 9.92. The summed E-state index contributed by atoms with van der Waals surface area (Å²) in [6, 6.07) is 5.83. The van der Waals surface area contributed by atoms with Crippen LogP contribution in [-0.4, -0.2) is 28.6 Å². The summed E-state index contributed by atoms with van der Waals surface area (Å²) >= 11 is 0. The van der Waals surface area contributed by atoms with Crippen LogP contribution in [0.15, 0.2) is 24.3 Å². The second-order valence-corrected chi connectivity index (χ2v) is 5.38. The summed E-state index contributed by atoms with van der Waals surface area (Å²) in [6.45, 7) is 1.51. The normalized spacial score (nSPS) is 17.4. The lowest BCUT2D eigenvalue weighted by Gasteiger charge is -2.42. The number of carboxylic acid groups (broad SMARTS) is 1. The predicted molar refractivity (Wildman–Crippen MR) is 73.5 cm³/mol. The number of carbonyl (C=O) groups excluding carboxylic acids is 1. The number of ether oxygens (including phenoxy) is 1. The largest absolute Gasteiger partial charge is 0.481 e. The number of halogens is 1. The summed E-state index contributed by atoms with van der Waals surface area (Å²) < 4.78 is 18.8. The molecular weight excluding hydrogens is 277 g/mol. The second-order valence-electron chi connectivity index (χ2n) is 5.38. The summed E-state index contributed by atoms with van der Waals surface area (Å²) in [7, 11) is 0. The van der Waals surface area contributed by atoms with E-state index < -0.39 is 29.3 Å². The van der Waals surface area contributed by atoms with Gasteiger partial charge >= 0.3 is 5.97 Å². The van der Waals surface area contributed by atoms with Gasteiger partial charge in [0.15, 0.2) is 17.7 Å². The number of hydrogen-bond acceptors (Lipinski definition) is 3. The summed E-state index contributed by atoms with van der Waals surface area (Å²) in [4.78, 5) is 23.0. The predicted octanol–water partition coefficient (Wildman–Crippen LogP) is 2.11. The maximum atomic E-state index is 13.5. The molecule has 1 amide bonds. The van der Waals surface area contributed by atoms with Gasteiger partial charge in [0.1, 0.15) is 0 Å². The quantitative estimate of drug-likeness (QED) is 0.842. The molecule has 1 aromatic rings. The van der Waals surface area contributed by atoms with Gasteiger partial charge in [-0.1, -0.05) is 12.1 Å². The molecule has 1 fully saturated rings. The lowest BCUT2D eigenvalue weighted by atomic mass is 9.74. The first-order valence-corrected chi connectivity index (χ1v) is 6.87. The molecule has 114 valence electrons. The van der Waals surface area contributed by atoms with Crippen LogP contribution in [0.3, 0.4) is 0 Å². The average Bonchev–Trinajstić information content (AvgIpc) is 2.38. The summed E-state index contributed by atoms with van der Waals surface area (Å²) in [6.07, 6.45) is 1.16. The SMILES string of the molecule is CC(Oc1ccccc1F)C(=O)NC1(CC(=O)O)CCC1. The van der Waals surface area contributed by atoms with Gasteiger partial charge in [0.2, 0.25) is 0 Å². The van der Waals surface area contributed by atoms with E-state index in [2.05, 4.69) is 5.32 Å². The van der Waals surface area contributed by atoms with Crippen molar-refractivity contribution in [1.82, 2.24) is 5.32 Å². The van der Waals surface area contributed by atoms with Gasteiger partial charge in [-0.3, -0.25) is 9.59 Å². The Morgan fingerprint density at radius 1 is 1.43 bits per heavy atom. The molecule has 0 aliphatic heterocycles. The molecule has 1 aromatic carbocycles. The maximum absolute atomic E-state index is 13.5. The fourth-order valence-electron chi connectivity index (χ4n) is 2.39. The Morgan fingerprint density at radius 3 is 2.62 bits per heavy atom. The highest BCUT2D eigenvalue weighted by Crippen LogP contribution is 2.35. The highest BCUT2D eigenvalue weighted by Gasteiger charge is 2.41. The summed E-state index contributed by atoms with van der Waals surface area (Å²) in [5.41, 5.74) is -0.685. The third-order valence-electron chi connectivity index (χ3n) is 3.70. The van der Waals surface area contributed by atoms with E-state index in [1.165, 1.54) is 25.1 Å². The standard InChI is InChI=1S/C15H18FNO4/c1-10(21-12-6-3-2-5-11(12)16)14(20)17-15(7-4-8-15)9-13(18)19/h2-3,5-6,10H,4,7-9H2,1H3,(H,17,20)(H,18,19). The van der Waals surface area contributed by atoms with Gasteiger partial charge in [-0.25, -0.2) is 4.39 Å². The number of carbonyl (C=O) groups is 2. The molecule has 0 spiro atoms. The zero-order chi connectivity index (χ0) is 15.5. The molecule has 1 atom stereocenters. The first kappa shape index (κ1) is 15.3. The van der Waals surface area contributed by atoms with E-state index in [9.17, 15) is 14.0 Å². The van der Waals surface area contributed by atoms with Gasteiger partial charge in [0.25, 0.3) is 5.91 Å². The van der Waals surface area contributed by atoms with Gasteiger partial charge in [-0.15, -0.1) is 0 Å². The molecule has 2 rings (SSSR count). The summed E-state index contributed by atoms with van der Waals surface area (Å²) in [5, 5.41) is 11.6. The van der Waals surface area contributed by atoms with E-state index in [-0.39, 0.29) is 12.2 Å². The minimum absolute atomic E-state index is 0.000967. The molecule has 0 heterocycles. The van der Waals surface area contributed by atoms with Crippen LogP contribution in [0.2, 0.25) is 0 Å². The molecular formula is C15H18FNO4. The van der Waals surface area contributed by atoms with Crippen LogP contribution in [-0.2, 0) is 9.59 Å². The molecule has 0 aromatic heterocycles. The van der Waals surface area contributed by atoms with Crippen LogP contribution in [0.1, 0.15) is 32.6 Å². The summed E-state index contributed by atoms with van der Waals surface area (Å²) in [5.74, 6) is -1.92. The number of nitrogens with one attached hydrogen (secondary N) is 1. The van der Waals surface area contributed by atoms with Crippen LogP contribution in [0.5, 0.6) is 5.75 Å². The second kappa shape index (κ2) is 6.11. The monoisotopic (exact) mass is 295 g/mol. The van der Waals surface area contributed by atoms with Crippen molar-refractivity contribution in [2.24, 2.45) is 0 Å². The Labute approximate surface area is 122 Å². The van der Waals surface area contributed by atoms with Gasteiger partial charge < -0.3 is 15.2 Å². The molecule has 0 saturated heterocycles. The molecule has 1 aliphatic rings. The fraction of sp³-hybridized carbons (Fsp3) is 0.467. The van der Waals surface area contributed by atoms with E-state index in [0.717, 1.165) is 6.42 Å². The van der Waals surface area contributed by atoms with Crippen molar-refractivity contribution in [2.45, 2.75) is 44.2 Å². The Balaban J connectivity index is 1.96. The van der Waals surface area contributed by atoms with Crippen molar-refractivity contribution in [3.05, 3.63) is 30.1 Å². The van der Waals surface area contributed by atoms with Crippen molar-refractivity contribution in [2.75, 3.05) is 0 Å². The maximum Gasteiger partial charge on any atom is 0.305 e. The average molecular weight is 295 g/mol. The van der Waals surface area contributed by atoms with Crippen molar-refractivity contribution in [1.29, 1.82) is 0 Å². The van der Waals surface area contributed by atoms with E-state index in [1.807, 2.05) is 0 Å². The molecule has 1 unspecified atom stereocenters. The molecule has 21 heavy (non-hydrogen) atoms. The van der Waals surface area contributed by atoms with Crippen molar-refractivity contribution < 1.29 is 23.8 Å². The Bertz CT molecular complexity index is 542. The third kappa shape index (κ3) is 3.71. The highest BCUT2D eigenvalue weighted by molar-refractivity contribution is 5.82. The van der Waals surface area contributed by atoms with E-state index in [1.54, 1.807) is 6.07 Å². The lowest BCUT2D eigenvalue weighted by molar-refractivity contribution is -0.141. The van der Waals surface area contributed by atoms with Gasteiger partial charge in [-0.2, -0.15) is 0 Å². The molecule has 1 saturated carbocycles. The number of aliphatic carboxylic acids is 1. The molecule has 6 heteroatoms. The van der Waals surface area contributed by atoms with Crippen LogP contribution in [0.25, 0.3) is 0 Å². The van der Waals surface area contributed by atoms with Gasteiger partial charge in [-0.05, 0) is 38.3 Å². The minimum atomic E-state index is -0.947. The van der Waals surface area contributed by atoms with Crippen LogP contribution in [0, 0.1) is 5.82 Å². The zero-order valence-corrected chi connectivity index (χ0v) is 11.8. The number of para-hydroxylation sites is 1. The van der Waals surface area contributed by atoms with E-state index in [4.69, 9.17) is 9.84 Å². The Hall–Kier alpha value is -2.11. The highest BCUT2D eigenvalue weighted by atomic mass is 19.1. The van der Waals surface area contributed by atoms with Crippen molar-refractivity contribution in [3.8, 4) is 5.75 Å². The number of rotatable bonds is 6. The molecule has 0 radical (unpaired) electrons. The first-order valence-electron chi connectivity index (χ1n) is 6.87. The van der Waals surface area contributed by atoms with Crippen LogP contribution >= 0.6 is 0 Å². The van der Waals surface area contributed by atoms with Crippen LogP contribution in [0.4, 0.5) is 4.39 Å². The molecule has 0 bridgehead atoms. The van der Waals surface area contributed by atoms with Crippen molar-refractivity contribution in [3.63, 3.8) is 0 Å². The molecule has 1 aliphatic carbocycles. The molecule has 5 nitrogen and oxygen atoms in total. The van der Waals surface area contributed by atoms with E-state index >= 15 is 0 Å². The number of benzene rings is 1. The number of hydrogen-bond donors (Lipinski definition) is 2. The van der Waals surface area contributed by atoms with Crippen molar-refractivity contribution >= 4 is 11.9 Å². The van der Waals surface area contributed by atoms with Gasteiger partial charge in [0, 0.05) is 0 Å². The zero-order valence-electron chi connectivity index (χ0n) is 11.8.